The second kappa shape index (κ2) is 11.3. The minimum absolute atomic E-state index is 0.365. The highest BCUT2D eigenvalue weighted by Crippen LogP contribution is 2.38. The van der Waals surface area contributed by atoms with Gasteiger partial charge in [0.2, 0.25) is 0 Å². The number of benzene rings is 3. The number of nitriles is 1. The van der Waals surface area contributed by atoms with Crippen molar-refractivity contribution in [1.29, 1.82) is 5.26 Å². The first-order valence-electron chi connectivity index (χ1n) is 10.5. The summed E-state index contributed by atoms with van der Waals surface area (Å²) < 4.78 is 22.4. The van der Waals surface area contributed by atoms with Gasteiger partial charge in [-0.15, -0.1) is 0 Å². The van der Waals surface area contributed by atoms with Gasteiger partial charge in [0.15, 0.2) is 23.0 Å². The highest BCUT2D eigenvalue weighted by atomic mass is 35.5. The summed E-state index contributed by atoms with van der Waals surface area (Å²) in [6, 6.07) is 19.3. The molecule has 0 aromatic heterocycles. The first-order chi connectivity index (χ1) is 16.0. The summed E-state index contributed by atoms with van der Waals surface area (Å²) in [4.78, 5) is 0. The molecule has 170 valence electrons. The van der Waals surface area contributed by atoms with Crippen LogP contribution in [0.2, 0.25) is 5.02 Å². The van der Waals surface area contributed by atoms with Crippen molar-refractivity contribution in [2.75, 3.05) is 20.8 Å². The third-order valence-corrected chi connectivity index (χ3v) is 5.24. The fraction of sp³-hybridized carbons (Fsp3) is 0.222. The number of methoxy groups -OCH3 is 2. The molecule has 0 bridgehead atoms. The zero-order valence-electron chi connectivity index (χ0n) is 19.1. The number of hydrogen-bond donors (Lipinski definition) is 0. The lowest BCUT2D eigenvalue weighted by Crippen LogP contribution is -2.01. The molecule has 33 heavy (non-hydrogen) atoms. The molecular weight excluding hydrogens is 438 g/mol. The second-order valence-electron chi connectivity index (χ2n) is 7.28. The van der Waals surface area contributed by atoms with Gasteiger partial charge >= 0.3 is 0 Å². The van der Waals surface area contributed by atoms with E-state index >= 15 is 0 Å². The Morgan fingerprint density at radius 2 is 1.67 bits per heavy atom. The van der Waals surface area contributed by atoms with Gasteiger partial charge in [0.1, 0.15) is 6.61 Å². The van der Waals surface area contributed by atoms with Crippen molar-refractivity contribution in [3.63, 3.8) is 0 Å². The van der Waals surface area contributed by atoms with E-state index in [0.29, 0.717) is 52.4 Å². The number of halogens is 1. The fourth-order valence-electron chi connectivity index (χ4n) is 3.26. The summed E-state index contributed by atoms with van der Waals surface area (Å²) in [6.45, 7) is 4.75. The molecule has 0 N–H and O–H groups in total. The lowest BCUT2D eigenvalue weighted by Gasteiger charge is -2.15. The smallest absolute Gasteiger partial charge is 0.180 e. The van der Waals surface area contributed by atoms with Crippen molar-refractivity contribution in [3.05, 3.63) is 81.9 Å². The maximum absolute atomic E-state index is 9.78. The van der Waals surface area contributed by atoms with E-state index in [9.17, 15) is 5.26 Å². The molecule has 3 rings (SSSR count). The summed E-state index contributed by atoms with van der Waals surface area (Å²) >= 11 is 6.57. The molecule has 0 aliphatic rings. The van der Waals surface area contributed by atoms with Crippen LogP contribution in [0, 0.1) is 18.3 Å². The Labute approximate surface area is 199 Å². The number of aryl methyl sites for hydroxylation is 1. The van der Waals surface area contributed by atoms with Gasteiger partial charge in [-0.05, 0) is 66.9 Å². The third kappa shape index (κ3) is 6.00. The lowest BCUT2D eigenvalue weighted by molar-refractivity contribution is 0.269. The molecule has 0 saturated carbocycles. The first kappa shape index (κ1) is 24.0. The minimum Gasteiger partial charge on any atom is -0.493 e. The maximum atomic E-state index is 9.78. The van der Waals surface area contributed by atoms with Crippen LogP contribution in [0.3, 0.4) is 0 Å². The molecule has 3 aromatic carbocycles. The van der Waals surface area contributed by atoms with E-state index in [1.54, 1.807) is 44.6 Å². The average molecular weight is 464 g/mol. The van der Waals surface area contributed by atoms with Crippen molar-refractivity contribution in [1.82, 2.24) is 0 Å². The predicted octanol–water partition coefficient (Wildman–Crippen LogP) is 6.71. The van der Waals surface area contributed by atoms with E-state index in [1.807, 2.05) is 44.2 Å². The summed E-state index contributed by atoms with van der Waals surface area (Å²) in [5.74, 6) is 2.13. The summed E-state index contributed by atoms with van der Waals surface area (Å²) in [6.07, 6.45) is 1.75. The number of rotatable bonds is 9. The Balaban J connectivity index is 1.93. The summed E-state index contributed by atoms with van der Waals surface area (Å²) in [5, 5.41) is 10.2. The number of ether oxygens (including phenoxy) is 4. The van der Waals surface area contributed by atoms with Crippen LogP contribution < -0.4 is 18.9 Å². The molecule has 0 atom stereocenters. The van der Waals surface area contributed by atoms with Crippen molar-refractivity contribution < 1.29 is 18.9 Å². The fourth-order valence-corrected chi connectivity index (χ4v) is 3.54. The predicted molar refractivity (Wildman–Crippen MR) is 131 cm³/mol. The largest absolute Gasteiger partial charge is 0.493 e. The first-order valence-corrected chi connectivity index (χ1v) is 10.9. The Morgan fingerprint density at radius 1 is 0.939 bits per heavy atom. The van der Waals surface area contributed by atoms with Gasteiger partial charge < -0.3 is 18.9 Å². The molecule has 5 nitrogen and oxygen atoms in total. The summed E-state index contributed by atoms with van der Waals surface area (Å²) in [7, 11) is 3.12. The van der Waals surface area contributed by atoms with Crippen LogP contribution in [-0.2, 0) is 6.61 Å². The second-order valence-corrected chi connectivity index (χ2v) is 7.68. The number of hydrogen-bond acceptors (Lipinski definition) is 5. The van der Waals surface area contributed by atoms with Gasteiger partial charge in [-0.2, -0.15) is 5.26 Å². The third-order valence-electron chi connectivity index (χ3n) is 4.96. The van der Waals surface area contributed by atoms with Crippen LogP contribution in [0.15, 0.2) is 54.6 Å². The van der Waals surface area contributed by atoms with Crippen LogP contribution in [0.1, 0.15) is 29.2 Å². The Morgan fingerprint density at radius 3 is 2.30 bits per heavy atom. The van der Waals surface area contributed by atoms with Gasteiger partial charge in [0, 0.05) is 0 Å². The average Bonchev–Trinajstić information content (AvgIpc) is 2.82. The van der Waals surface area contributed by atoms with E-state index in [0.717, 1.165) is 11.1 Å². The zero-order chi connectivity index (χ0) is 23.8. The molecule has 0 aliphatic carbocycles. The Bertz CT molecular complexity index is 1180. The number of nitrogens with zero attached hydrogens (tertiary/aromatic N) is 1. The Kier molecular flexibility index (Phi) is 8.23. The van der Waals surface area contributed by atoms with Crippen LogP contribution in [-0.4, -0.2) is 20.8 Å². The molecule has 0 saturated heterocycles. The molecule has 3 aromatic rings. The van der Waals surface area contributed by atoms with Crippen LogP contribution in [0.5, 0.6) is 23.0 Å². The van der Waals surface area contributed by atoms with Gasteiger partial charge in [-0.1, -0.05) is 41.4 Å². The summed E-state index contributed by atoms with van der Waals surface area (Å²) in [5.41, 5.74) is 4.08. The molecule has 0 heterocycles. The van der Waals surface area contributed by atoms with E-state index in [2.05, 4.69) is 6.07 Å². The monoisotopic (exact) mass is 463 g/mol. The van der Waals surface area contributed by atoms with Crippen molar-refractivity contribution in [3.8, 4) is 29.1 Å². The van der Waals surface area contributed by atoms with Gasteiger partial charge in [0.05, 0.1) is 37.5 Å². The Hall–Kier alpha value is -3.62. The van der Waals surface area contributed by atoms with Crippen molar-refractivity contribution in [2.45, 2.75) is 20.5 Å². The van der Waals surface area contributed by atoms with Crippen molar-refractivity contribution >= 4 is 23.3 Å². The van der Waals surface area contributed by atoms with Gasteiger partial charge in [-0.3, -0.25) is 0 Å². The molecule has 0 amide bonds. The SMILES string of the molecule is CCOc1cc(/C=C(\C#N)c2ccc(OC)c(OC)c2)cc(Cl)c1OCc1ccc(C)cc1. The molecular formula is C27H26ClNO4. The van der Waals surface area contributed by atoms with E-state index in [-0.39, 0.29) is 0 Å². The van der Waals surface area contributed by atoms with Crippen molar-refractivity contribution in [2.24, 2.45) is 0 Å². The normalized spacial score (nSPS) is 11.0. The molecule has 0 aliphatic heterocycles. The van der Waals surface area contributed by atoms with E-state index in [1.165, 1.54) is 5.56 Å². The lowest BCUT2D eigenvalue weighted by atomic mass is 10.0. The zero-order valence-corrected chi connectivity index (χ0v) is 19.9. The van der Waals surface area contributed by atoms with Crippen LogP contribution in [0.25, 0.3) is 11.6 Å². The molecule has 0 unspecified atom stereocenters. The minimum atomic E-state index is 0.365. The molecule has 0 radical (unpaired) electrons. The van der Waals surface area contributed by atoms with E-state index < -0.39 is 0 Å². The van der Waals surface area contributed by atoms with E-state index in [4.69, 9.17) is 30.5 Å². The van der Waals surface area contributed by atoms with Gasteiger partial charge in [0.25, 0.3) is 0 Å². The topological polar surface area (TPSA) is 60.7 Å². The molecule has 0 spiro atoms. The number of allylic oxidation sites excluding steroid dienone is 1. The van der Waals surface area contributed by atoms with Gasteiger partial charge in [-0.25, -0.2) is 0 Å². The molecule has 0 fully saturated rings. The highest BCUT2D eigenvalue weighted by Gasteiger charge is 2.14. The maximum Gasteiger partial charge on any atom is 0.180 e. The quantitative estimate of drug-likeness (QED) is 0.261. The van der Waals surface area contributed by atoms with Crippen LogP contribution in [0.4, 0.5) is 0 Å². The standard InChI is InChI=1S/C27H26ClNO4/c1-5-32-26-14-20(12-22(16-29)21-10-11-24(30-3)25(15-21)31-4)13-23(28)27(26)33-17-19-8-6-18(2)7-9-19/h6-15H,5,17H2,1-4H3/b22-12+. The van der Waals surface area contributed by atoms with Crippen LogP contribution >= 0.6 is 11.6 Å². The highest BCUT2D eigenvalue weighted by molar-refractivity contribution is 6.32. The molecule has 6 heteroatoms.